The number of nitrogens with two attached hydrogens (primary N) is 1. The molecular formula is C17H32N4O2S. The molecule has 2 N–H and O–H groups in total. The molecule has 0 spiro atoms. The minimum Gasteiger partial charge on any atom is -0.369 e. The summed E-state index contributed by atoms with van der Waals surface area (Å²) in [6, 6.07) is 0. The first-order valence-electron chi connectivity index (χ1n) is 9.07. The summed E-state index contributed by atoms with van der Waals surface area (Å²) in [7, 11) is -0.854. The highest BCUT2D eigenvalue weighted by Crippen LogP contribution is 2.30. The lowest BCUT2D eigenvalue weighted by Gasteiger charge is -2.33. The summed E-state index contributed by atoms with van der Waals surface area (Å²) < 4.78 is 14.1. The van der Waals surface area contributed by atoms with Crippen molar-refractivity contribution >= 4 is 22.9 Å². The van der Waals surface area contributed by atoms with Gasteiger partial charge in [-0.15, -0.1) is 0 Å². The van der Waals surface area contributed by atoms with Crippen molar-refractivity contribution in [3.63, 3.8) is 0 Å². The number of hydrogen-bond donors (Lipinski definition) is 1. The Kier molecular flexibility index (Phi) is 6.42. The minimum atomic E-state index is -0.854. The third-order valence-electron chi connectivity index (χ3n) is 4.83. The van der Waals surface area contributed by atoms with Crippen LogP contribution in [0.1, 0.15) is 53.4 Å². The molecule has 6 nitrogen and oxygen atoms in total. The Bertz CT molecular complexity index is 515. The van der Waals surface area contributed by atoms with Crippen LogP contribution in [0.2, 0.25) is 0 Å². The van der Waals surface area contributed by atoms with Crippen LogP contribution >= 0.6 is 0 Å². The topological polar surface area (TPSA) is 79.0 Å². The Hall–Kier alpha value is -0.950. The maximum Gasteiger partial charge on any atom is 0.257 e. The van der Waals surface area contributed by atoms with Gasteiger partial charge < -0.3 is 5.73 Å². The number of amides is 1. The molecule has 2 atom stereocenters. The summed E-state index contributed by atoms with van der Waals surface area (Å²) in [6.07, 6.45) is 3.56. The first-order chi connectivity index (χ1) is 11.3. The molecule has 24 heavy (non-hydrogen) atoms. The van der Waals surface area contributed by atoms with Crippen molar-refractivity contribution < 1.29 is 9.00 Å². The number of hydrogen-bond acceptors (Lipinski definition) is 4. The van der Waals surface area contributed by atoms with E-state index in [-0.39, 0.29) is 5.91 Å². The summed E-state index contributed by atoms with van der Waals surface area (Å²) in [5.41, 5.74) is 5.34. The number of guanidine groups is 1. The van der Waals surface area contributed by atoms with Crippen molar-refractivity contribution in [3.8, 4) is 0 Å². The van der Waals surface area contributed by atoms with Gasteiger partial charge in [-0.1, -0.05) is 20.8 Å². The Labute approximate surface area is 148 Å². The highest BCUT2D eigenvalue weighted by molar-refractivity contribution is 7.82. The predicted octanol–water partition coefficient (Wildman–Crippen LogP) is 1.73. The van der Waals surface area contributed by atoms with Gasteiger partial charge >= 0.3 is 0 Å². The van der Waals surface area contributed by atoms with Crippen molar-refractivity contribution in [2.24, 2.45) is 22.6 Å². The minimum absolute atomic E-state index is 0.0330. The predicted molar refractivity (Wildman–Crippen MR) is 98.8 cm³/mol. The third-order valence-corrected chi connectivity index (χ3v) is 6.53. The van der Waals surface area contributed by atoms with E-state index in [1.54, 1.807) is 4.90 Å². The second kappa shape index (κ2) is 7.95. The first kappa shape index (κ1) is 19.4. The smallest absolute Gasteiger partial charge is 0.257 e. The average molecular weight is 357 g/mol. The summed E-state index contributed by atoms with van der Waals surface area (Å²) in [4.78, 5) is 18.9. The molecule has 0 aromatic heterocycles. The zero-order chi connectivity index (χ0) is 17.9. The Balaban J connectivity index is 1.90. The van der Waals surface area contributed by atoms with Crippen LogP contribution in [-0.4, -0.2) is 56.2 Å². The second-order valence-electron chi connectivity index (χ2n) is 7.66. The molecule has 0 saturated carbocycles. The quantitative estimate of drug-likeness (QED) is 0.754. The van der Waals surface area contributed by atoms with Gasteiger partial charge in [0, 0.05) is 25.4 Å². The van der Waals surface area contributed by atoms with Crippen molar-refractivity contribution in [2.75, 3.05) is 25.4 Å². The fourth-order valence-corrected chi connectivity index (χ4v) is 4.94. The van der Waals surface area contributed by atoms with Crippen LogP contribution in [0.15, 0.2) is 4.99 Å². The molecule has 0 bridgehead atoms. The fourth-order valence-electron chi connectivity index (χ4n) is 3.72. The lowest BCUT2D eigenvalue weighted by atomic mass is 9.90. The van der Waals surface area contributed by atoms with Crippen LogP contribution in [0.25, 0.3) is 0 Å². The zero-order valence-corrected chi connectivity index (χ0v) is 16.3. The second-order valence-corrected chi connectivity index (χ2v) is 9.22. The molecule has 2 aliphatic rings. The molecule has 1 saturated heterocycles. The molecule has 2 heterocycles. The largest absolute Gasteiger partial charge is 0.369 e. The number of piperidine rings is 1. The SMILES string of the molecule is CCCS(=O)N1CCC(CN2C(=O)C(C)(CC(C)C)N=C2N)CC1. The number of carbonyl (C=O) groups is 1. The van der Waals surface area contributed by atoms with E-state index in [2.05, 4.69) is 30.1 Å². The molecule has 0 aliphatic carbocycles. The van der Waals surface area contributed by atoms with E-state index >= 15 is 0 Å². The van der Waals surface area contributed by atoms with Crippen LogP contribution in [0.3, 0.4) is 0 Å². The van der Waals surface area contributed by atoms with Crippen molar-refractivity contribution in [2.45, 2.75) is 58.9 Å². The van der Waals surface area contributed by atoms with Crippen LogP contribution in [0.5, 0.6) is 0 Å². The molecule has 0 aromatic carbocycles. The monoisotopic (exact) mass is 356 g/mol. The highest BCUT2D eigenvalue weighted by atomic mass is 32.2. The lowest BCUT2D eigenvalue weighted by Crippen LogP contribution is -2.47. The van der Waals surface area contributed by atoms with Gasteiger partial charge in [0.1, 0.15) is 5.54 Å². The van der Waals surface area contributed by atoms with Crippen molar-refractivity contribution in [1.29, 1.82) is 0 Å². The van der Waals surface area contributed by atoms with Gasteiger partial charge in [-0.2, -0.15) is 0 Å². The number of nitrogens with zero attached hydrogens (tertiary/aromatic N) is 3. The summed E-state index contributed by atoms with van der Waals surface area (Å²) in [6.45, 7) is 10.4. The van der Waals surface area contributed by atoms with E-state index in [1.807, 2.05) is 6.92 Å². The fraction of sp³-hybridized carbons (Fsp3) is 0.882. The number of aliphatic imine (C=N–C) groups is 1. The van der Waals surface area contributed by atoms with Crippen LogP contribution < -0.4 is 5.73 Å². The third kappa shape index (κ3) is 4.36. The number of rotatable bonds is 7. The molecule has 2 aliphatic heterocycles. The van der Waals surface area contributed by atoms with E-state index in [0.29, 0.717) is 24.3 Å². The van der Waals surface area contributed by atoms with E-state index in [0.717, 1.165) is 44.5 Å². The zero-order valence-electron chi connectivity index (χ0n) is 15.5. The van der Waals surface area contributed by atoms with Crippen LogP contribution in [0, 0.1) is 11.8 Å². The van der Waals surface area contributed by atoms with Gasteiger partial charge in [0.2, 0.25) is 0 Å². The highest BCUT2D eigenvalue weighted by Gasteiger charge is 2.44. The standard InChI is InChI=1S/C17H32N4O2S/c1-5-10-24(23)20-8-6-14(7-9-20)12-21-15(22)17(4,11-13(2)3)19-16(21)18/h13-14H,5-12H2,1-4H3,(H2,18,19). The molecule has 2 rings (SSSR count). The summed E-state index contributed by atoms with van der Waals surface area (Å²) >= 11 is 0. The maximum absolute atomic E-state index is 12.8. The molecule has 0 radical (unpaired) electrons. The average Bonchev–Trinajstić information content (AvgIpc) is 2.70. The molecule has 0 aromatic rings. The van der Waals surface area contributed by atoms with Crippen LogP contribution in [0.4, 0.5) is 0 Å². The Morgan fingerprint density at radius 3 is 2.54 bits per heavy atom. The van der Waals surface area contributed by atoms with Gasteiger partial charge in [-0.25, -0.2) is 13.5 Å². The Morgan fingerprint density at radius 2 is 2.00 bits per heavy atom. The molecular weight excluding hydrogens is 324 g/mol. The molecule has 1 fully saturated rings. The molecule has 7 heteroatoms. The molecule has 1 amide bonds. The van der Waals surface area contributed by atoms with Gasteiger partial charge in [-0.3, -0.25) is 9.69 Å². The van der Waals surface area contributed by atoms with Gasteiger partial charge in [0.15, 0.2) is 5.96 Å². The Morgan fingerprint density at radius 1 is 1.38 bits per heavy atom. The molecule has 138 valence electrons. The van der Waals surface area contributed by atoms with E-state index in [4.69, 9.17) is 5.73 Å². The first-order valence-corrected chi connectivity index (χ1v) is 10.3. The van der Waals surface area contributed by atoms with E-state index < -0.39 is 16.5 Å². The van der Waals surface area contributed by atoms with E-state index in [9.17, 15) is 9.00 Å². The molecule has 2 unspecified atom stereocenters. The van der Waals surface area contributed by atoms with Gasteiger partial charge in [-0.05, 0) is 44.4 Å². The lowest BCUT2D eigenvalue weighted by molar-refractivity contribution is -0.131. The van der Waals surface area contributed by atoms with Gasteiger partial charge in [0.25, 0.3) is 5.91 Å². The maximum atomic E-state index is 12.8. The van der Waals surface area contributed by atoms with E-state index in [1.165, 1.54) is 0 Å². The van der Waals surface area contributed by atoms with Crippen LogP contribution in [-0.2, 0) is 15.8 Å². The normalized spacial score (nSPS) is 27.8. The van der Waals surface area contributed by atoms with Crippen molar-refractivity contribution in [3.05, 3.63) is 0 Å². The summed E-state index contributed by atoms with van der Waals surface area (Å²) in [5, 5.41) is 0. The van der Waals surface area contributed by atoms with Gasteiger partial charge in [0.05, 0.1) is 11.0 Å². The number of carbonyl (C=O) groups excluding carboxylic acids is 1. The van der Waals surface area contributed by atoms with Crippen molar-refractivity contribution in [1.82, 2.24) is 9.21 Å². The summed E-state index contributed by atoms with van der Waals surface area (Å²) in [5.74, 6) is 1.93.